The maximum atomic E-state index is 5.93. The number of nitrogens with zero attached hydrogens (tertiary/aromatic N) is 2. The molecule has 0 aliphatic rings. The number of rotatable bonds is 2. The highest BCUT2D eigenvalue weighted by atomic mass is 16.3. The van der Waals surface area contributed by atoms with Crippen LogP contribution >= 0.6 is 0 Å². The predicted octanol–water partition coefficient (Wildman–Crippen LogP) is 4.69. The van der Waals surface area contributed by atoms with Crippen molar-refractivity contribution in [2.75, 3.05) is 0 Å². The van der Waals surface area contributed by atoms with E-state index in [4.69, 9.17) is 4.42 Å². The number of aromatic nitrogens is 2. The van der Waals surface area contributed by atoms with Crippen LogP contribution in [0.1, 0.15) is 5.69 Å². The van der Waals surface area contributed by atoms with Crippen LogP contribution in [0.4, 0.5) is 0 Å². The number of benzene rings is 1. The Hall–Kier alpha value is -2.94. The van der Waals surface area contributed by atoms with Crippen LogP contribution < -0.4 is 0 Å². The molecular weight excluding hydrogens is 260 g/mol. The van der Waals surface area contributed by atoms with E-state index in [1.54, 1.807) is 18.5 Å². The molecule has 3 nitrogen and oxygen atoms in total. The summed E-state index contributed by atoms with van der Waals surface area (Å²) in [6.45, 7) is 3.77. The second kappa shape index (κ2) is 4.56. The normalized spacial score (nSPS) is 11.0. The minimum Gasteiger partial charge on any atom is -0.456 e. The zero-order valence-electron chi connectivity index (χ0n) is 11.3. The lowest BCUT2D eigenvalue weighted by molar-refractivity contribution is 0.632. The summed E-state index contributed by atoms with van der Waals surface area (Å²) in [5.41, 5.74) is 3.48. The van der Waals surface area contributed by atoms with E-state index in [-0.39, 0.29) is 0 Å². The molecule has 0 amide bonds. The summed E-state index contributed by atoms with van der Waals surface area (Å²) >= 11 is 0. The van der Waals surface area contributed by atoms with E-state index in [1.165, 1.54) is 0 Å². The highest BCUT2D eigenvalue weighted by Crippen LogP contribution is 2.31. The molecule has 0 aliphatic heterocycles. The van der Waals surface area contributed by atoms with Gasteiger partial charge in [-0.15, -0.1) is 0 Å². The largest absolute Gasteiger partial charge is 0.456 e. The topological polar surface area (TPSA) is 38.9 Å². The molecule has 0 fully saturated rings. The molecule has 0 saturated carbocycles. The van der Waals surface area contributed by atoms with Crippen molar-refractivity contribution in [2.24, 2.45) is 0 Å². The fraction of sp³-hybridized carbons (Fsp3) is 0. The summed E-state index contributed by atoms with van der Waals surface area (Å²) in [6.07, 6.45) is 5.34. The molecule has 3 heteroatoms. The molecule has 0 bridgehead atoms. The van der Waals surface area contributed by atoms with Crippen molar-refractivity contribution in [2.45, 2.75) is 0 Å². The number of fused-ring (bicyclic) bond motifs is 2. The highest BCUT2D eigenvalue weighted by Gasteiger charge is 2.11. The third-order valence-electron chi connectivity index (χ3n) is 3.52. The standard InChI is InChI=1S/C18H12N2O/c1-2-14-8-7-13-10-19-11-15(18(13)20-14)17-9-12-5-3-4-6-16(12)21-17/h2-11H,1H2. The zero-order chi connectivity index (χ0) is 14.2. The zero-order valence-corrected chi connectivity index (χ0v) is 11.3. The average molecular weight is 272 g/mol. The summed E-state index contributed by atoms with van der Waals surface area (Å²) in [7, 11) is 0. The van der Waals surface area contributed by atoms with Crippen LogP contribution in [-0.4, -0.2) is 9.97 Å². The van der Waals surface area contributed by atoms with E-state index in [0.717, 1.165) is 38.9 Å². The van der Waals surface area contributed by atoms with Crippen molar-refractivity contribution in [3.8, 4) is 11.3 Å². The maximum Gasteiger partial charge on any atom is 0.139 e. The van der Waals surface area contributed by atoms with Gasteiger partial charge in [-0.2, -0.15) is 0 Å². The third-order valence-corrected chi connectivity index (χ3v) is 3.52. The summed E-state index contributed by atoms with van der Waals surface area (Å²) in [4.78, 5) is 8.91. The first kappa shape index (κ1) is 11.9. The number of hydrogen-bond donors (Lipinski definition) is 0. The Morgan fingerprint density at radius 3 is 2.76 bits per heavy atom. The fourth-order valence-corrected chi connectivity index (χ4v) is 2.47. The van der Waals surface area contributed by atoms with Crippen molar-refractivity contribution in [1.29, 1.82) is 0 Å². The SMILES string of the molecule is C=Cc1ccc2cncc(-c3cc4ccccc4o3)c2n1. The second-order valence-corrected chi connectivity index (χ2v) is 4.85. The highest BCUT2D eigenvalue weighted by molar-refractivity contribution is 5.94. The first-order chi connectivity index (χ1) is 10.3. The van der Waals surface area contributed by atoms with Crippen LogP contribution in [0.3, 0.4) is 0 Å². The van der Waals surface area contributed by atoms with Gasteiger partial charge < -0.3 is 4.42 Å². The van der Waals surface area contributed by atoms with Crippen LogP contribution in [0.15, 0.2) is 65.9 Å². The molecule has 100 valence electrons. The monoisotopic (exact) mass is 272 g/mol. The molecule has 4 aromatic rings. The molecule has 0 radical (unpaired) electrons. The second-order valence-electron chi connectivity index (χ2n) is 4.85. The van der Waals surface area contributed by atoms with Crippen LogP contribution in [0.25, 0.3) is 39.3 Å². The lowest BCUT2D eigenvalue weighted by Gasteiger charge is -2.03. The molecule has 0 aliphatic carbocycles. The van der Waals surface area contributed by atoms with Crippen LogP contribution in [0.5, 0.6) is 0 Å². The smallest absolute Gasteiger partial charge is 0.139 e. The van der Waals surface area contributed by atoms with Crippen molar-refractivity contribution in [1.82, 2.24) is 9.97 Å². The number of para-hydroxylation sites is 1. The van der Waals surface area contributed by atoms with Crippen molar-refractivity contribution in [3.63, 3.8) is 0 Å². The van der Waals surface area contributed by atoms with Gasteiger partial charge in [-0.3, -0.25) is 4.98 Å². The van der Waals surface area contributed by atoms with Gasteiger partial charge in [-0.25, -0.2) is 4.98 Å². The van der Waals surface area contributed by atoms with Gasteiger partial charge in [0.25, 0.3) is 0 Å². The molecule has 4 rings (SSSR count). The molecule has 0 unspecified atom stereocenters. The molecule has 1 aromatic carbocycles. The minimum atomic E-state index is 0.781. The van der Waals surface area contributed by atoms with Crippen LogP contribution in [0, 0.1) is 0 Å². The summed E-state index contributed by atoms with van der Waals surface area (Å²) in [5, 5.41) is 2.06. The Bertz CT molecular complexity index is 936. The summed E-state index contributed by atoms with van der Waals surface area (Å²) in [5.74, 6) is 0.781. The fourth-order valence-electron chi connectivity index (χ4n) is 2.47. The van der Waals surface area contributed by atoms with Gasteiger partial charge in [0.1, 0.15) is 11.3 Å². The van der Waals surface area contributed by atoms with Gasteiger partial charge in [0.15, 0.2) is 0 Å². The van der Waals surface area contributed by atoms with E-state index in [2.05, 4.69) is 16.5 Å². The Morgan fingerprint density at radius 1 is 1.00 bits per heavy atom. The van der Waals surface area contributed by atoms with E-state index < -0.39 is 0 Å². The molecule has 3 heterocycles. The van der Waals surface area contributed by atoms with E-state index in [1.807, 2.05) is 42.5 Å². The Labute approximate surface area is 121 Å². The molecule has 3 aromatic heterocycles. The lowest BCUT2D eigenvalue weighted by atomic mass is 10.1. The predicted molar refractivity (Wildman–Crippen MR) is 84.8 cm³/mol. The molecule has 21 heavy (non-hydrogen) atoms. The molecular formula is C18H12N2O. The lowest BCUT2D eigenvalue weighted by Crippen LogP contribution is -1.88. The maximum absolute atomic E-state index is 5.93. The van der Waals surface area contributed by atoms with Gasteiger partial charge in [-0.1, -0.05) is 24.8 Å². The molecule has 0 N–H and O–H groups in total. The van der Waals surface area contributed by atoms with Gasteiger partial charge in [0, 0.05) is 23.2 Å². The van der Waals surface area contributed by atoms with Crippen molar-refractivity contribution < 1.29 is 4.42 Å². The average Bonchev–Trinajstić information content (AvgIpc) is 2.97. The first-order valence-electron chi connectivity index (χ1n) is 6.71. The number of hydrogen-bond acceptors (Lipinski definition) is 3. The Morgan fingerprint density at radius 2 is 1.90 bits per heavy atom. The molecule has 0 saturated heterocycles. The number of furan rings is 1. The van der Waals surface area contributed by atoms with Gasteiger partial charge in [-0.05, 0) is 30.3 Å². The summed E-state index contributed by atoms with van der Waals surface area (Å²) in [6, 6.07) is 13.9. The van der Waals surface area contributed by atoms with Crippen LogP contribution in [-0.2, 0) is 0 Å². The third kappa shape index (κ3) is 1.91. The molecule has 0 atom stereocenters. The Kier molecular flexibility index (Phi) is 2.57. The van der Waals surface area contributed by atoms with Gasteiger partial charge in [0.2, 0.25) is 0 Å². The number of pyridine rings is 2. The van der Waals surface area contributed by atoms with Gasteiger partial charge >= 0.3 is 0 Å². The van der Waals surface area contributed by atoms with E-state index in [0.29, 0.717) is 0 Å². The van der Waals surface area contributed by atoms with Gasteiger partial charge in [0.05, 0.1) is 16.8 Å². The van der Waals surface area contributed by atoms with Crippen molar-refractivity contribution >= 4 is 27.9 Å². The Balaban J connectivity index is 2.02. The van der Waals surface area contributed by atoms with E-state index in [9.17, 15) is 0 Å². The van der Waals surface area contributed by atoms with Crippen molar-refractivity contribution in [3.05, 3.63) is 67.1 Å². The van der Waals surface area contributed by atoms with E-state index >= 15 is 0 Å². The van der Waals surface area contributed by atoms with Crippen LogP contribution in [0.2, 0.25) is 0 Å². The summed E-state index contributed by atoms with van der Waals surface area (Å²) < 4.78 is 5.93. The quantitative estimate of drug-likeness (QED) is 0.531. The molecule has 0 spiro atoms. The minimum absolute atomic E-state index is 0.781. The first-order valence-corrected chi connectivity index (χ1v) is 6.71.